The Bertz CT molecular complexity index is 507. The molecule has 0 spiro atoms. The molecule has 2 heterocycles. The molecule has 2 aromatic heterocycles. The van der Waals surface area contributed by atoms with Gasteiger partial charge in [0.1, 0.15) is 16.9 Å². The Morgan fingerprint density at radius 3 is 3.07 bits per heavy atom. The van der Waals surface area contributed by atoms with Crippen LogP contribution in [-0.2, 0) is 5.41 Å². The molecule has 0 aromatic carbocycles. The minimum atomic E-state index is 0.264. The average molecular weight is 206 g/mol. The van der Waals surface area contributed by atoms with E-state index in [9.17, 15) is 4.79 Å². The van der Waals surface area contributed by atoms with E-state index in [2.05, 4.69) is 11.9 Å². The zero-order valence-corrected chi connectivity index (χ0v) is 8.67. The van der Waals surface area contributed by atoms with Crippen molar-refractivity contribution in [1.29, 1.82) is 0 Å². The quantitative estimate of drug-likeness (QED) is 0.706. The zero-order valence-electron chi connectivity index (χ0n) is 7.86. The first kappa shape index (κ1) is 8.17. The molecular formula is C10H10N2OS. The average Bonchev–Trinajstić information content (AvgIpc) is 2.65. The lowest BCUT2D eigenvalue weighted by Gasteiger charge is -2.04. The molecule has 14 heavy (non-hydrogen) atoms. The van der Waals surface area contributed by atoms with E-state index in [1.54, 1.807) is 17.7 Å². The third-order valence-electron chi connectivity index (χ3n) is 2.96. The van der Waals surface area contributed by atoms with E-state index in [0.29, 0.717) is 0 Å². The van der Waals surface area contributed by atoms with Gasteiger partial charge in [0, 0.05) is 10.3 Å². The van der Waals surface area contributed by atoms with Crippen LogP contribution in [-0.4, -0.2) is 15.7 Å². The molecule has 0 amide bonds. The molecule has 3 nitrogen and oxygen atoms in total. The minimum Gasteiger partial charge on any atom is -0.296 e. The Labute approximate surface area is 85.4 Å². The predicted molar refractivity (Wildman–Crippen MR) is 55.0 cm³/mol. The third kappa shape index (κ3) is 0.917. The first-order chi connectivity index (χ1) is 6.74. The number of imidazole rings is 1. The lowest BCUT2D eigenvalue weighted by atomic mass is 10.1. The number of rotatable bonds is 2. The van der Waals surface area contributed by atoms with Crippen LogP contribution >= 0.6 is 11.3 Å². The van der Waals surface area contributed by atoms with E-state index < -0.39 is 0 Å². The highest BCUT2D eigenvalue weighted by Gasteiger charge is 2.42. The van der Waals surface area contributed by atoms with Crippen molar-refractivity contribution in [3.63, 3.8) is 0 Å². The van der Waals surface area contributed by atoms with Crippen LogP contribution in [0.2, 0.25) is 0 Å². The second-order valence-corrected chi connectivity index (χ2v) is 5.13. The highest BCUT2D eigenvalue weighted by molar-refractivity contribution is 7.17. The third-order valence-corrected chi connectivity index (χ3v) is 4.38. The predicted octanol–water partition coefficient (Wildman–Crippen LogP) is 2.26. The largest absolute Gasteiger partial charge is 0.296 e. The van der Waals surface area contributed by atoms with Crippen molar-refractivity contribution >= 4 is 22.5 Å². The minimum absolute atomic E-state index is 0.264. The van der Waals surface area contributed by atoms with Gasteiger partial charge in [0.2, 0.25) is 0 Å². The van der Waals surface area contributed by atoms with Crippen LogP contribution in [0.15, 0.2) is 12.5 Å². The first-order valence-electron chi connectivity index (χ1n) is 4.65. The number of carbonyl (C=O) groups is 1. The van der Waals surface area contributed by atoms with Crippen LogP contribution in [0.5, 0.6) is 0 Å². The Kier molecular flexibility index (Phi) is 1.43. The van der Waals surface area contributed by atoms with Crippen LogP contribution < -0.4 is 0 Å². The van der Waals surface area contributed by atoms with Crippen LogP contribution in [0.3, 0.4) is 0 Å². The number of aromatic nitrogens is 2. The number of fused-ring (bicyclic) bond motifs is 1. The first-order valence-corrected chi connectivity index (χ1v) is 5.47. The van der Waals surface area contributed by atoms with Gasteiger partial charge >= 0.3 is 0 Å². The topological polar surface area (TPSA) is 34.4 Å². The van der Waals surface area contributed by atoms with Crippen LogP contribution in [0, 0.1) is 0 Å². The molecule has 0 unspecified atom stereocenters. The van der Waals surface area contributed by atoms with Gasteiger partial charge in [-0.25, -0.2) is 4.98 Å². The molecule has 0 radical (unpaired) electrons. The summed E-state index contributed by atoms with van der Waals surface area (Å²) < 4.78 is 1.89. The molecule has 1 saturated carbocycles. The molecule has 72 valence electrons. The Balaban J connectivity index is 2.32. The summed E-state index contributed by atoms with van der Waals surface area (Å²) in [6, 6.07) is 0. The van der Waals surface area contributed by atoms with Gasteiger partial charge in [0.25, 0.3) is 0 Å². The van der Waals surface area contributed by atoms with Crippen LogP contribution in [0.25, 0.3) is 4.83 Å². The van der Waals surface area contributed by atoms with Crippen molar-refractivity contribution in [2.24, 2.45) is 0 Å². The molecule has 2 aromatic rings. The fourth-order valence-electron chi connectivity index (χ4n) is 1.76. The van der Waals surface area contributed by atoms with E-state index >= 15 is 0 Å². The lowest BCUT2D eigenvalue weighted by Crippen LogP contribution is -2.02. The normalized spacial score (nSPS) is 18.6. The summed E-state index contributed by atoms with van der Waals surface area (Å²) in [6.45, 7) is 2.22. The Morgan fingerprint density at radius 2 is 2.43 bits per heavy atom. The van der Waals surface area contributed by atoms with Gasteiger partial charge in [-0.1, -0.05) is 6.92 Å². The van der Waals surface area contributed by atoms with Gasteiger partial charge in [-0.2, -0.15) is 0 Å². The summed E-state index contributed by atoms with van der Waals surface area (Å²) in [5.41, 5.74) is 1.06. The molecule has 1 aliphatic rings. The van der Waals surface area contributed by atoms with Crippen molar-refractivity contribution in [2.45, 2.75) is 25.2 Å². The molecule has 0 saturated heterocycles. The summed E-state index contributed by atoms with van der Waals surface area (Å²) in [7, 11) is 0. The van der Waals surface area contributed by atoms with E-state index in [0.717, 1.165) is 16.8 Å². The number of hydrogen-bond donors (Lipinski definition) is 0. The standard InChI is InChI=1S/C10H10N2OS/c1-10(2-3-10)9-7(5-13)12-6-11-4-8(12)14-9/h4-6H,2-3H2,1H3. The lowest BCUT2D eigenvalue weighted by molar-refractivity contribution is 0.111. The van der Waals surface area contributed by atoms with Gasteiger partial charge in [-0.15, -0.1) is 11.3 Å². The fourth-order valence-corrected chi connectivity index (χ4v) is 3.03. The molecule has 0 atom stereocenters. The second-order valence-electron chi connectivity index (χ2n) is 4.10. The van der Waals surface area contributed by atoms with E-state index in [-0.39, 0.29) is 5.41 Å². The van der Waals surface area contributed by atoms with E-state index in [4.69, 9.17) is 0 Å². The van der Waals surface area contributed by atoms with Gasteiger partial charge in [0.15, 0.2) is 6.29 Å². The van der Waals surface area contributed by atoms with Gasteiger partial charge in [0.05, 0.1) is 6.20 Å². The van der Waals surface area contributed by atoms with Crippen LogP contribution in [0.1, 0.15) is 35.1 Å². The Hall–Kier alpha value is -1.16. The van der Waals surface area contributed by atoms with Crippen molar-refractivity contribution in [2.75, 3.05) is 0 Å². The maximum atomic E-state index is 11.0. The number of thiazole rings is 1. The van der Waals surface area contributed by atoms with Crippen molar-refractivity contribution in [3.8, 4) is 0 Å². The summed E-state index contributed by atoms with van der Waals surface area (Å²) >= 11 is 1.69. The monoisotopic (exact) mass is 206 g/mol. The maximum absolute atomic E-state index is 11.0. The summed E-state index contributed by atoms with van der Waals surface area (Å²) in [5, 5.41) is 0. The van der Waals surface area contributed by atoms with Crippen molar-refractivity contribution in [3.05, 3.63) is 23.1 Å². The molecule has 1 fully saturated rings. The molecular weight excluding hydrogens is 196 g/mol. The van der Waals surface area contributed by atoms with E-state index in [1.165, 1.54) is 17.7 Å². The highest BCUT2D eigenvalue weighted by Crippen LogP contribution is 2.51. The molecule has 0 bridgehead atoms. The number of carbonyl (C=O) groups excluding carboxylic acids is 1. The van der Waals surface area contributed by atoms with Gasteiger partial charge in [-0.3, -0.25) is 9.20 Å². The molecule has 0 N–H and O–H groups in total. The molecule has 3 rings (SSSR count). The van der Waals surface area contributed by atoms with Crippen molar-refractivity contribution in [1.82, 2.24) is 9.38 Å². The number of hydrogen-bond acceptors (Lipinski definition) is 3. The van der Waals surface area contributed by atoms with Gasteiger partial charge in [-0.05, 0) is 12.8 Å². The molecule has 0 aliphatic heterocycles. The van der Waals surface area contributed by atoms with Crippen molar-refractivity contribution < 1.29 is 4.79 Å². The van der Waals surface area contributed by atoms with Crippen LogP contribution in [0.4, 0.5) is 0 Å². The molecule has 1 aliphatic carbocycles. The fraction of sp³-hybridized carbons (Fsp3) is 0.400. The SMILES string of the molecule is CC1(c2sc3cncn3c2C=O)CC1. The molecule has 4 heteroatoms. The smallest absolute Gasteiger partial charge is 0.168 e. The maximum Gasteiger partial charge on any atom is 0.168 e. The summed E-state index contributed by atoms with van der Waals surface area (Å²) in [4.78, 5) is 17.4. The Morgan fingerprint density at radius 1 is 1.64 bits per heavy atom. The number of aldehydes is 1. The number of nitrogens with zero attached hydrogens (tertiary/aromatic N) is 2. The second kappa shape index (κ2) is 2.45. The highest BCUT2D eigenvalue weighted by atomic mass is 32.1. The summed E-state index contributed by atoms with van der Waals surface area (Å²) in [5.74, 6) is 0. The van der Waals surface area contributed by atoms with E-state index in [1.807, 2.05) is 10.6 Å². The summed E-state index contributed by atoms with van der Waals surface area (Å²) in [6.07, 6.45) is 6.87. The van der Waals surface area contributed by atoms with Gasteiger partial charge < -0.3 is 0 Å². The zero-order chi connectivity index (χ0) is 9.76.